The van der Waals surface area contributed by atoms with Gasteiger partial charge in [0.25, 0.3) is 0 Å². The summed E-state index contributed by atoms with van der Waals surface area (Å²) in [7, 11) is 2.80. The van der Waals surface area contributed by atoms with Crippen molar-refractivity contribution in [2.24, 2.45) is 7.05 Å². The van der Waals surface area contributed by atoms with Crippen molar-refractivity contribution in [3.8, 4) is 5.75 Å². The standard InChI is InChI=1S/C8H10FNO2/c1-5-4-10(2)8(9)7(12-3)6(5)11/h4H,1-3H3. The minimum Gasteiger partial charge on any atom is -0.489 e. The molecule has 66 valence electrons. The van der Waals surface area contributed by atoms with Crippen molar-refractivity contribution < 1.29 is 9.13 Å². The second kappa shape index (κ2) is 2.97. The molecule has 0 amide bonds. The molecule has 0 saturated carbocycles. The minimum atomic E-state index is -0.645. The van der Waals surface area contributed by atoms with Gasteiger partial charge >= 0.3 is 0 Å². The van der Waals surface area contributed by atoms with Gasteiger partial charge in [-0.05, 0) is 6.92 Å². The molecule has 3 nitrogen and oxygen atoms in total. The number of ether oxygens (including phenoxy) is 1. The molecule has 0 aliphatic heterocycles. The van der Waals surface area contributed by atoms with Crippen LogP contribution in [-0.2, 0) is 7.05 Å². The number of hydrogen-bond donors (Lipinski definition) is 0. The van der Waals surface area contributed by atoms with Gasteiger partial charge in [0.2, 0.25) is 17.1 Å². The van der Waals surface area contributed by atoms with Crippen LogP contribution in [0.2, 0.25) is 0 Å². The van der Waals surface area contributed by atoms with E-state index < -0.39 is 11.4 Å². The van der Waals surface area contributed by atoms with E-state index in [0.717, 1.165) is 0 Å². The van der Waals surface area contributed by atoms with Crippen LogP contribution < -0.4 is 10.2 Å². The number of rotatable bonds is 1. The topological polar surface area (TPSA) is 31.2 Å². The van der Waals surface area contributed by atoms with Crippen molar-refractivity contribution in [3.05, 3.63) is 27.9 Å². The zero-order chi connectivity index (χ0) is 9.30. The third kappa shape index (κ3) is 1.20. The fourth-order valence-corrected chi connectivity index (χ4v) is 1.02. The molecule has 1 aromatic rings. The average molecular weight is 171 g/mol. The zero-order valence-corrected chi connectivity index (χ0v) is 7.22. The van der Waals surface area contributed by atoms with Crippen molar-refractivity contribution in [1.82, 2.24) is 4.57 Å². The maximum Gasteiger partial charge on any atom is 0.239 e. The highest BCUT2D eigenvalue weighted by Gasteiger charge is 2.11. The van der Waals surface area contributed by atoms with Gasteiger partial charge in [-0.3, -0.25) is 4.79 Å². The highest BCUT2D eigenvalue weighted by molar-refractivity contribution is 5.25. The first-order valence-corrected chi connectivity index (χ1v) is 3.47. The summed E-state index contributed by atoms with van der Waals surface area (Å²) in [6.07, 6.45) is 1.43. The van der Waals surface area contributed by atoms with Crippen LogP contribution in [0.15, 0.2) is 11.0 Å². The SMILES string of the molecule is COc1c(F)n(C)cc(C)c1=O. The molecule has 0 fully saturated rings. The average Bonchev–Trinajstić information content (AvgIpc) is 2.02. The normalized spacial score (nSPS) is 10.0. The quantitative estimate of drug-likeness (QED) is 0.586. The van der Waals surface area contributed by atoms with E-state index in [1.54, 1.807) is 6.92 Å². The highest BCUT2D eigenvalue weighted by Crippen LogP contribution is 2.10. The van der Waals surface area contributed by atoms with Gasteiger partial charge in [-0.25, -0.2) is 0 Å². The first-order valence-electron chi connectivity index (χ1n) is 3.47. The Hall–Kier alpha value is -1.32. The Balaban J connectivity index is 3.53. The number of aromatic nitrogens is 1. The molecule has 1 aromatic heterocycles. The fourth-order valence-electron chi connectivity index (χ4n) is 1.02. The molecule has 0 spiro atoms. The highest BCUT2D eigenvalue weighted by atomic mass is 19.1. The second-order valence-electron chi connectivity index (χ2n) is 2.58. The summed E-state index contributed by atoms with van der Waals surface area (Å²) in [5.41, 5.74) is 0.0730. The number of aryl methyl sites for hydroxylation is 2. The van der Waals surface area contributed by atoms with E-state index in [1.807, 2.05) is 0 Å². The lowest BCUT2D eigenvalue weighted by Gasteiger charge is -2.06. The van der Waals surface area contributed by atoms with E-state index in [9.17, 15) is 9.18 Å². The minimum absolute atomic E-state index is 0.225. The zero-order valence-electron chi connectivity index (χ0n) is 7.22. The largest absolute Gasteiger partial charge is 0.489 e. The third-order valence-corrected chi connectivity index (χ3v) is 1.65. The van der Waals surface area contributed by atoms with Crippen LogP contribution in [0.3, 0.4) is 0 Å². The second-order valence-corrected chi connectivity index (χ2v) is 2.58. The lowest BCUT2D eigenvalue weighted by Crippen LogP contribution is -2.15. The van der Waals surface area contributed by atoms with Crippen molar-refractivity contribution in [3.63, 3.8) is 0 Å². The molecule has 0 N–H and O–H groups in total. The molecule has 4 heteroatoms. The third-order valence-electron chi connectivity index (χ3n) is 1.65. The Morgan fingerprint density at radius 1 is 1.58 bits per heavy atom. The van der Waals surface area contributed by atoms with Crippen LogP contribution >= 0.6 is 0 Å². The van der Waals surface area contributed by atoms with Crippen molar-refractivity contribution in [2.45, 2.75) is 6.92 Å². The number of methoxy groups -OCH3 is 1. The van der Waals surface area contributed by atoms with E-state index in [4.69, 9.17) is 0 Å². The first-order chi connectivity index (χ1) is 5.57. The first kappa shape index (κ1) is 8.77. The van der Waals surface area contributed by atoms with Gasteiger partial charge in [0, 0.05) is 18.8 Å². The Labute approximate surface area is 69.4 Å². The lowest BCUT2D eigenvalue weighted by molar-refractivity contribution is 0.361. The van der Waals surface area contributed by atoms with E-state index in [1.165, 1.54) is 24.9 Å². The molecule has 0 unspecified atom stereocenters. The van der Waals surface area contributed by atoms with Crippen LogP contribution in [0.5, 0.6) is 5.75 Å². The van der Waals surface area contributed by atoms with Crippen LogP contribution in [0.25, 0.3) is 0 Å². The van der Waals surface area contributed by atoms with Gasteiger partial charge in [-0.2, -0.15) is 4.39 Å². The maximum atomic E-state index is 13.1. The molecule has 12 heavy (non-hydrogen) atoms. The molecule has 1 heterocycles. The molecular weight excluding hydrogens is 161 g/mol. The Bertz CT molecular complexity index is 357. The molecule has 0 aromatic carbocycles. The molecule has 0 aliphatic carbocycles. The molecular formula is C8H10FNO2. The molecule has 1 rings (SSSR count). The Morgan fingerprint density at radius 2 is 2.17 bits per heavy atom. The number of halogens is 1. The Kier molecular flexibility index (Phi) is 2.17. The van der Waals surface area contributed by atoms with Gasteiger partial charge in [0.05, 0.1) is 7.11 Å². The van der Waals surface area contributed by atoms with Gasteiger partial charge < -0.3 is 9.30 Å². The van der Waals surface area contributed by atoms with Gasteiger partial charge in [-0.15, -0.1) is 0 Å². The Morgan fingerprint density at radius 3 is 2.67 bits per heavy atom. The summed E-state index contributed by atoms with van der Waals surface area (Å²) in [5, 5.41) is 0. The summed E-state index contributed by atoms with van der Waals surface area (Å²) in [5.74, 6) is -0.870. The van der Waals surface area contributed by atoms with Crippen molar-refractivity contribution in [2.75, 3.05) is 7.11 Å². The number of pyridine rings is 1. The molecule has 0 radical (unpaired) electrons. The molecule has 0 bridgehead atoms. The maximum absolute atomic E-state index is 13.1. The number of hydrogen-bond acceptors (Lipinski definition) is 2. The van der Waals surface area contributed by atoms with Crippen LogP contribution in [-0.4, -0.2) is 11.7 Å². The fraction of sp³-hybridized carbons (Fsp3) is 0.375. The van der Waals surface area contributed by atoms with Crippen LogP contribution in [0.1, 0.15) is 5.56 Å². The van der Waals surface area contributed by atoms with Gasteiger partial charge in [-0.1, -0.05) is 0 Å². The van der Waals surface area contributed by atoms with Gasteiger partial charge in [0.1, 0.15) is 0 Å². The lowest BCUT2D eigenvalue weighted by atomic mass is 10.3. The van der Waals surface area contributed by atoms with Crippen LogP contribution in [0, 0.1) is 12.9 Å². The summed E-state index contributed by atoms with van der Waals surface area (Å²) >= 11 is 0. The van der Waals surface area contributed by atoms with E-state index in [2.05, 4.69) is 4.74 Å². The van der Waals surface area contributed by atoms with E-state index >= 15 is 0 Å². The summed E-state index contributed by atoms with van der Waals surface area (Å²) in [6.45, 7) is 1.62. The van der Waals surface area contributed by atoms with Crippen molar-refractivity contribution >= 4 is 0 Å². The predicted molar refractivity (Wildman–Crippen MR) is 42.9 cm³/mol. The van der Waals surface area contributed by atoms with E-state index in [-0.39, 0.29) is 5.75 Å². The monoisotopic (exact) mass is 171 g/mol. The summed E-state index contributed by atoms with van der Waals surface area (Å²) in [4.78, 5) is 11.2. The molecule has 0 aliphatic rings. The predicted octanol–water partition coefficient (Wildman–Crippen LogP) is 0.841. The van der Waals surface area contributed by atoms with E-state index in [0.29, 0.717) is 5.56 Å². The van der Waals surface area contributed by atoms with Gasteiger partial charge in [0.15, 0.2) is 0 Å². The summed E-state index contributed by atoms with van der Waals surface area (Å²) < 4.78 is 18.9. The number of nitrogens with zero attached hydrogens (tertiary/aromatic N) is 1. The van der Waals surface area contributed by atoms with Crippen LogP contribution in [0.4, 0.5) is 4.39 Å². The smallest absolute Gasteiger partial charge is 0.239 e. The molecule has 0 atom stereocenters. The summed E-state index contributed by atoms with van der Waals surface area (Å²) in [6, 6.07) is 0. The molecule has 0 saturated heterocycles. The van der Waals surface area contributed by atoms with Crippen molar-refractivity contribution in [1.29, 1.82) is 0 Å².